The predicted molar refractivity (Wildman–Crippen MR) is 73.0 cm³/mol. The van der Waals surface area contributed by atoms with Gasteiger partial charge in [0.2, 0.25) is 0 Å². The summed E-state index contributed by atoms with van der Waals surface area (Å²) in [5.74, 6) is 1.95. The standard InChI is InChI=1S/C13H19NO2S/c1-10-13(9-15,7-8-17-10)14-11-3-5-12(16-2)6-4-11/h3-6,10,14-15H,7-9H2,1-2H3. The first-order valence-electron chi connectivity index (χ1n) is 5.85. The summed E-state index contributed by atoms with van der Waals surface area (Å²) in [5.41, 5.74) is 0.855. The van der Waals surface area contributed by atoms with Crippen LogP contribution in [0.2, 0.25) is 0 Å². The van der Waals surface area contributed by atoms with Gasteiger partial charge >= 0.3 is 0 Å². The number of aliphatic hydroxyl groups is 1. The van der Waals surface area contributed by atoms with Crippen LogP contribution in [-0.4, -0.2) is 35.4 Å². The maximum Gasteiger partial charge on any atom is 0.119 e. The van der Waals surface area contributed by atoms with Crippen molar-refractivity contribution in [3.05, 3.63) is 24.3 Å². The molecule has 0 aromatic heterocycles. The highest BCUT2D eigenvalue weighted by Gasteiger charge is 2.40. The summed E-state index contributed by atoms with van der Waals surface area (Å²) in [5, 5.41) is 13.6. The van der Waals surface area contributed by atoms with Gasteiger partial charge < -0.3 is 15.2 Å². The Morgan fingerprint density at radius 2 is 2.18 bits per heavy atom. The Morgan fingerprint density at radius 3 is 2.65 bits per heavy atom. The van der Waals surface area contributed by atoms with E-state index in [0.29, 0.717) is 5.25 Å². The van der Waals surface area contributed by atoms with Crippen molar-refractivity contribution in [1.82, 2.24) is 0 Å². The molecule has 1 heterocycles. The Hall–Kier alpha value is -0.870. The number of rotatable bonds is 4. The Kier molecular flexibility index (Phi) is 3.84. The van der Waals surface area contributed by atoms with Crippen molar-refractivity contribution >= 4 is 17.4 Å². The topological polar surface area (TPSA) is 41.5 Å². The zero-order valence-corrected chi connectivity index (χ0v) is 11.1. The molecule has 0 saturated carbocycles. The average Bonchev–Trinajstić information content (AvgIpc) is 2.72. The van der Waals surface area contributed by atoms with Crippen molar-refractivity contribution in [3.63, 3.8) is 0 Å². The first kappa shape index (κ1) is 12.6. The third-order valence-corrected chi connectivity index (χ3v) is 4.85. The van der Waals surface area contributed by atoms with Gasteiger partial charge in [0.05, 0.1) is 19.3 Å². The van der Waals surface area contributed by atoms with E-state index in [1.54, 1.807) is 7.11 Å². The summed E-state index contributed by atoms with van der Waals surface area (Å²) in [6.07, 6.45) is 1.00. The second kappa shape index (κ2) is 5.19. The number of hydrogen-bond donors (Lipinski definition) is 2. The molecule has 0 aliphatic carbocycles. The largest absolute Gasteiger partial charge is 0.497 e. The fourth-order valence-corrected chi connectivity index (χ4v) is 3.56. The number of anilines is 1. The van der Waals surface area contributed by atoms with E-state index in [-0.39, 0.29) is 12.1 Å². The smallest absolute Gasteiger partial charge is 0.119 e. The van der Waals surface area contributed by atoms with Gasteiger partial charge in [-0.2, -0.15) is 11.8 Å². The number of aliphatic hydroxyl groups excluding tert-OH is 1. The molecule has 3 nitrogen and oxygen atoms in total. The maximum atomic E-state index is 9.65. The molecule has 1 aliphatic rings. The lowest BCUT2D eigenvalue weighted by molar-refractivity contribution is 0.212. The maximum absolute atomic E-state index is 9.65. The van der Waals surface area contributed by atoms with Crippen LogP contribution in [0.4, 0.5) is 5.69 Å². The molecular formula is C13H19NO2S. The van der Waals surface area contributed by atoms with Crippen LogP contribution in [-0.2, 0) is 0 Å². The van der Waals surface area contributed by atoms with Crippen molar-refractivity contribution in [3.8, 4) is 5.75 Å². The van der Waals surface area contributed by atoms with Gasteiger partial charge in [0.25, 0.3) is 0 Å². The van der Waals surface area contributed by atoms with Crippen LogP contribution < -0.4 is 10.1 Å². The van der Waals surface area contributed by atoms with Crippen LogP contribution in [0.1, 0.15) is 13.3 Å². The number of hydrogen-bond acceptors (Lipinski definition) is 4. The second-order valence-electron chi connectivity index (χ2n) is 4.43. The molecule has 0 amide bonds. The van der Waals surface area contributed by atoms with E-state index in [9.17, 15) is 5.11 Å². The van der Waals surface area contributed by atoms with Crippen molar-refractivity contribution in [2.75, 3.05) is 24.8 Å². The Morgan fingerprint density at radius 1 is 1.47 bits per heavy atom. The number of benzene rings is 1. The van der Waals surface area contributed by atoms with Crippen LogP contribution in [0.25, 0.3) is 0 Å². The van der Waals surface area contributed by atoms with Gasteiger partial charge in [-0.3, -0.25) is 0 Å². The average molecular weight is 253 g/mol. The monoisotopic (exact) mass is 253 g/mol. The van der Waals surface area contributed by atoms with Gasteiger partial charge in [-0.15, -0.1) is 0 Å². The van der Waals surface area contributed by atoms with Crippen LogP contribution >= 0.6 is 11.8 Å². The summed E-state index contributed by atoms with van der Waals surface area (Å²) in [7, 11) is 1.66. The molecule has 2 N–H and O–H groups in total. The summed E-state index contributed by atoms with van der Waals surface area (Å²) in [6.45, 7) is 2.34. The zero-order valence-electron chi connectivity index (χ0n) is 10.3. The Bertz CT molecular complexity index is 368. The Balaban J connectivity index is 2.12. The van der Waals surface area contributed by atoms with Gasteiger partial charge in [0.15, 0.2) is 0 Å². The van der Waals surface area contributed by atoms with E-state index in [4.69, 9.17) is 4.74 Å². The first-order chi connectivity index (χ1) is 8.20. The van der Waals surface area contributed by atoms with Gasteiger partial charge in [0.1, 0.15) is 5.75 Å². The Labute approximate surface area is 107 Å². The number of nitrogens with one attached hydrogen (secondary N) is 1. The fraction of sp³-hybridized carbons (Fsp3) is 0.538. The first-order valence-corrected chi connectivity index (χ1v) is 6.90. The summed E-state index contributed by atoms with van der Waals surface area (Å²) in [4.78, 5) is 0. The highest BCUT2D eigenvalue weighted by Crippen LogP contribution is 2.38. The third kappa shape index (κ3) is 2.53. The molecule has 1 aromatic carbocycles. The highest BCUT2D eigenvalue weighted by atomic mass is 32.2. The summed E-state index contributed by atoms with van der Waals surface area (Å²) >= 11 is 1.91. The molecule has 94 valence electrons. The molecular weight excluding hydrogens is 234 g/mol. The molecule has 0 radical (unpaired) electrons. The number of ether oxygens (including phenoxy) is 1. The third-order valence-electron chi connectivity index (χ3n) is 3.46. The second-order valence-corrected chi connectivity index (χ2v) is 5.88. The highest BCUT2D eigenvalue weighted by molar-refractivity contribution is 8.00. The quantitative estimate of drug-likeness (QED) is 0.864. The van der Waals surface area contributed by atoms with Crippen LogP contribution in [0.3, 0.4) is 0 Å². The predicted octanol–water partition coefficient (Wildman–Crippen LogP) is 2.36. The lowest BCUT2D eigenvalue weighted by atomic mass is 9.93. The molecule has 2 rings (SSSR count). The molecule has 1 aliphatic heterocycles. The van der Waals surface area contributed by atoms with E-state index in [1.165, 1.54) is 0 Å². The molecule has 2 atom stereocenters. The summed E-state index contributed by atoms with van der Waals surface area (Å²) in [6, 6.07) is 7.85. The lowest BCUT2D eigenvalue weighted by Crippen LogP contribution is -2.46. The van der Waals surface area contributed by atoms with Gasteiger partial charge in [-0.05, 0) is 36.4 Å². The number of thioether (sulfide) groups is 1. The lowest BCUT2D eigenvalue weighted by Gasteiger charge is -2.33. The van der Waals surface area contributed by atoms with Gasteiger partial charge in [-0.1, -0.05) is 6.92 Å². The molecule has 1 saturated heterocycles. The number of methoxy groups -OCH3 is 1. The molecule has 1 aromatic rings. The van der Waals surface area contributed by atoms with Gasteiger partial charge in [-0.25, -0.2) is 0 Å². The normalized spacial score (nSPS) is 28.1. The van der Waals surface area contributed by atoms with E-state index in [0.717, 1.165) is 23.6 Å². The summed E-state index contributed by atoms with van der Waals surface area (Å²) < 4.78 is 5.13. The molecule has 0 spiro atoms. The molecule has 4 heteroatoms. The minimum absolute atomic E-state index is 0.174. The minimum Gasteiger partial charge on any atom is -0.497 e. The molecule has 2 unspecified atom stereocenters. The molecule has 0 bridgehead atoms. The van der Waals surface area contributed by atoms with Crippen molar-refractivity contribution < 1.29 is 9.84 Å². The van der Waals surface area contributed by atoms with Crippen molar-refractivity contribution in [2.24, 2.45) is 0 Å². The van der Waals surface area contributed by atoms with Crippen LogP contribution in [0.5, 0.6) is 5.75 Å². The zero-order chi connectivity index (χ0) is 12.3. The minimum atomic E-state index is -0.181. The van der Waals surface area contributed by atoms with Crippen molar-refractivity contribution in [2.45, 2.75) is 24.1 Å². The van der Waals surface area contributed by atoms with Gasteiger partial charge in [0, 0.05) is 10.9 Å². The van der Waals surface area contributed by atoms with Crippen LogP contribution in [0, 0.1) is 0 Å². The molecule has 17 heavy (non-hydrogen) atoms. The van der Waals surface area contributed by atoms with E-state index in [2.05, 4.69) is 12.2 Å². The van der Waals surface area contributed by atoms with Crippen LogP contribution in [0.15, 0.2) is 24.3 Å². The molecule has 1 fully saturated rings. The SMILES string of the molecule is COc1ccc(NC2(CO)CCSC2C)cc1. The van der Waals surface area contributed by atoms with E-state index >= 15 is 0 Å². The van der Waals surface area contributed by atoms with Crippen molar-refractivity contribution in [1.29, 1.82) is 0 Å². The fourth-order valence-electron chi connectivity index (χ4n) is 2.15. The van der Waals surface area contributed by atoms with E-state index < -0.39 is 0 Å². The van der Waals surface area contributed by atoms with E-state index in [1.807, 2.05) is 36.0 Å².